The maximum absolute atomic E-state index is 12.0. The number of hydrogen-bond donors (Lipinski definition) is 0. The molecule has 0 saturated carbocycles. The first-order valence-corrected chi connectivity index (χ1v) is 7.51. The quantitative estimate of drug-likeness (QED) is 0.788. The summed E-state index contributed by atoms with van der Waals surface area (Å²) in [5, 5.41) is 0. The summed E-state index contributed by atoms with van der Waals surface area (Å²) in [6.07, 6.45) is 4.58. The van der Waals surface area contributed by atoms with E-state index in [1.54, 1.807) is 11.3 Å². The Balaban J connectivity index is 1.95. The van der Waals surface area contributed by atoms with Gasteiger partial charge < -0.3 is 9.47 Å². The maximum Gasteiger partial charge on any atom is 0.196 e. The second-order valence-corrected chi connectivity index (χ2v) is 6.06. The first-order valence-electron chi connectivity index (χ1n) is 6.69. The van der Waals surface area contributed by atoms with Crippen molar-refractivity contribution in [3.63, 3.8) is 0 Å². The molecule has 1 fully saturated rings. The van der Waals surface area contributed by atoms with Crippen molar-refractivity contribution >= 4 is 17.1 Å². The smallest absolute Gasteiger partial charge is 0.196 e. The molecule has 1 aromatic heterocycles. The minimum Gasteiger partial charge on any atom is -0.343 e. The largest absolute Gasteiger partial charge is 0.343 e. The van der Waals surface area contributed by atoms with Gasteiger partial charge in [0.1, 0.15) is 0 Å². The zero-order valence-corrected chi connectivity index (χ0v) is 11.5. The summed E-state index contributed by atoms with van der Waals surface area (Å²) in [6.45, 7) is 3.36. The number of ether oxygens (including phenoxy) is 2. The first kappa shape index (κ1) is 12.3. The van der Waals surface area contributed by atoms with Crippen molar-refractivity contribution in [2.45, 2.75) is 44.8 Å². The van der Waals surface area contributed by atoms with Gasteiger partial charge in [0.05, 0.1) is 18.1 Å². The molecule has 4 heteroatoms. The number of Topliss-reactive ketones (excluding diaryl/α,β-unsaturated/α-hetero) is 1. The van der Waals surface area contributed by atoms with Crippen LogP contribution in [0.15, 0.2) is 6.07 Å². The number of carbonyl (C=O) groups is 1. The van der Waals surface area contributed by atoms with Gasteiger partial charge in [-0.15, -0.1) is 11.3 Å². The van der Waals surface area contributed by atoms with E-state index in [-0.39, 0.29) is 5.78 Å². The first-order chi connectivity index (χ1) is 8.75. The number of thiophene rings is 1. The molecule has 0 bridgehead atoms. The summed E-state index contributed by atoms with van der Waals surface area (Å²) in [5.74, 6) is -0.278. The van der Waals surface area contributed by atoms with Crippen LogP contribution in [0.2, 0.25) is 0 Å². The van der Waals surface area contributed by atoms with Crippen LogP contribution in [0.4, 0.5) is 0 Å². The lowest BCUT2D eigenvalue weighted by atomic mass is 9.92. The third kappa shape index (κ3) is 1.92. The van der Waals surface area contributed by atoms with Crippen LogP contribution in [0.5, 0.6) is 0 Å². The molecule has 3 nitrogen and oxygen atoms in total. The third-order valence-corrected chi connectivity index (χ3v) is 4.87. The molecule has 2 aliphatic rings. The van der Waals surface area contributed by atoms with E-state index in [2.05, 4.69) is 0 Å². The molecule has 1 spiro atoms. The van der Waals surface area contributed by atoms with Gasteiger partial charge in [0.25, 0.3) is 0 Å². The molecule has 1 aromatic rings. The molecule has 0 aromatic carbocycles. The number of aryl methyl sites for hydroxylation is 1. The summed E-state index contributed by atoms with van der Waals surface area (Å²) >= 11 is 1.63. The number of ketones is 1. The molecule has 1 aliphatic heterocycles. The predicted octanol–water partition coefficient (Wildman–Crippen LogP) is 3.27. The minimum atomic E-state index is -0.533. The van der Waals surface area contributed by atoms with Crippen molar-refractivity contribution in [1.29, 1.82) is 0 Å². The highest BCUT2D eigenvalue weighted by atomic mass is 32.1. The van der Waals surface area contributed by atoms with Crippen LogP contribution in [-0.4, -0.2) is 19.0 Å². The Kier molecular flexibility index (Phi) is 3.26. The van der Waals surface area contributed by atoms with Gasteiger partial charge in [-0.1, -0.05) is 6.92 Å². The van der Waals surface area contributed by atoms with Crippen molar-refractivity contribution in [2.75, 3.05) is 13.2 Å². The molecule has 18 heavy (non-hydrogen) atoms. The van der Waals surface area contributed by atoms with Gasteiger partial charge in [0.15, 0.2) is 11.6 Å². The summed E-state index contributed by atoms with van der Waals surface area (Å²) < 4.78 is 11.7. The van der Waals surface area contributed by atoms with Crippen molar-refractivity contribution in [2.24, 2.45) is 0 Å². The molecule has 0 N–H and O–H groups in total. The molecule has 98 valence electrons. The molecule has 3 rings (SSSR count). The molecule has 0 amide bonds. The number of hydrogen-bond acceptors (Lipinski definition) is 4. The Hall–Kier alpha value is -0.710. The van der Waals surface area contributed by atoms with Crippen molar-refractivity contribution in [3.05, 3.63) is 21.4 Å². The lowest BCUT2D eigenvalue weighted by Crippen LogP contribution is -2.30. The normalized spacial score (nSPS) is 21.2. The fourth-order valence-electron chi connectivity index (χ4n) is 2.80. The molecule has 0 unspecified atom stereocenters. The second-order valence-electron chi connectivity index (χ2n) is 4.92. The van der Waals surface area contributed by atoms with Gasteiger partial charge in [0, 0.05) is 23.3 Å². The van der Waals surface area contributed by atoms with Gasteiger partial charge in [-0.2, -0.15) is 0 Å². The molecule has 0 atom stereocenters. The Morgan fingerprint density at radius 3 is 2.94 bits per heavy atom. The average molecular weight is 266 g/mol. The standard InChI is InChI=1S/C14H18O3S/c1-2-4-11(15)13-9-10-12(18-13)5-3-6-14(10)16-7-8-17-14/h9H,2-8H2,1H3. The fraction of sp³-hybridized carbons (Fsp3) is 0.643. The third-order valence-electron chi connectivity index (χ3n) is 3.63. The van der Waals surface area contributed by atoms with Gasteiger partial charge in [0.2, 0.25) is 0 Å². The average Bonchev–Trinajstić information content (AvgIpc) is 2.97. The molecule has 1 saturated heterocycles. The van der Waals surface area contributed by atoms with E-state index in [0.717, 1.165) is 36.1 Å². The van der Waals surface area contributed by atoms with Crippen molar-refractivity contribution in [1.82, 2.24) is 0 Å². The highest BCUT2D eigenvalue weighted by Gasteiger charge is 2.43. The number of rotatable bonds is 3. The van der Waals surface area contributed by atoms with Gasteiger partial charge >= 0.3 is 0 Å². The minimum absolute atomic E-state index is 0.255. The van der Waals surface area contributed by atoms with E-state index in [1.165, 1.54) is 4.88 Å². The Bertz CT molecular complexity index is 458. The summed E-state index contributed by atoms with van der Waals surface area (Å²) in [4.78, 5) is 14.2. The van der Waals surface area contributed by atoms with Crippen LogP contribution in [-0.2, 0) is 21.7 Å². The Morgan fingerprint density at radius 1 is 1.44 bits per heavy atom. The lowest BCUT2D eigenvalue weighted by molar-refractivity contribution is -0.175. The van der Waals surface area contributed by atoms with Crippen LogP contribution in [0.25, 0.3) is 0 Å². The van der Waals surface area contributed by atoms with E-state index >= 15 is 0 Å². The van der Waals surface area contributed by atoms with E-state index < -0.39 is 5.79 Å². The van der Waals surface area contributed by atoms with Crippen LogP contribution in [0, 0.1) is 0 Å². The van der Waals surface area contributed by atoms with E-state index in [0.29, 0.717) is 19.6 Å². The van der Waals surface area contributed by atoms with Gasteiger partial charge in [-0.05, 0) is 25.3 Å². The predicted molar refractivity (Wildman–Crippen MR) is 70.1 cm³/mol. The highest BCUT2D eigenvalue weighted by Crippen LogP contribution is 2.45. The monoisotopic (exact) mass is 266 g/mol. The van der Waals surface area contributed by atoms with Gasteiger partial charge in [-0.25, -0.2) is 0 Å². The summed E-state index contributed by atoms with van der Waals surface area (Å²) in [7, 11) is 0. The van der Waals surface area contributed by atoms with Gasteiger partial charge in [-0.3, -0.25) is 4.79 Å². The van der Waals surface area contributed by atoms with E-state index in [4.69, 9.17) is 9.47 Å². The molecule has 2 heterocycles. The SMILES string of the molecule is CCCC(=O)c1cc2c(s1)CCCC21OCCO1. The van der Waals surface area contributed by atoms with Crippen molar-refractivity contribution < 1.29 is 14.3 Å². The molecule has 1 aliphatic carbocycles. The van der Waals surface area contributed by atoms with Crippen LogP contribution in [0.1, 0.15) is 52.7 Å². The van der Waals surface area contributed by atoms with E-state index in [9.17, 15) is 4.79 Å². The molecular weight excluding hydrogens is 248 g/mol. The second kappa shape index (κ2) is 4.76. The zero-order valence-electron chi connectivity index (χ0n) is 10.7. The Labute approximate surface area is 111 Å². The zero-order chi connectivity index (χ0) is 12.6. The number of carbonyl (C=O) groups excluding carboxylic acids is 1. The summed E-state index contributed by atoms with van der Waals surface area (Å²) in [6, 6.07) is 2.02. The van der Waals surface area contributed by atoms with Crippen LogP contribution >= 0.6 is 11.3 Å². The van der Waals surface area contributed by atoms with E-state index in [1.807, 2.05) is 13.0 Å². The summed E-state index contributed by atoms with van der Waals surface area (Å²) in [5.41, 5.74) is 1.12. The molecular formula is C14H18O3S. The Morgan fingerprint density at radius 2 is 2.22 bits per heavy atom. The van der Waals surface area contributed by atoms with Crippen molar-refractivity contribution in [3.8, 4) is 0 Å². The molecule has 0 radical (unpaired) electrons. The fourth-order valence-corrected chi connectivity index (χ4v) is 4.02. The number of fused-ring (bicyclic) bond motifs is 2. The maximum atomic E-state index is 12.0. The lowest BCUT2D eigenvalue weighted by Gasteiger charge is -2.31. The van der Waals surface area contributed by atoms with Crippen LogP contribution < -0.4 is 0 Å². The topological polar surface area (TPSA) is 35.5 Å². The van der Waals surface area contributed by atoms with Crippen LogP contribution in [0.3, 0.4) is 0 Å². The highest BCUT2D eigenvalue weighted by molar-refractivity contribution is 7.14.